The number of hydrogen-bond acceptors (Lipinski definition) is 4. The molecule has 1 amide bonds. The molecule has 2 heterocycles. The maximum Gasteiger partial charge on any atom is 0.224 e. The first-order chi connectivity index (χ1) is 8.36. The standard InChI is InChI=1S/C12H23N3O2/c16-12(15-8-6-14-7-9-15)3-10-17-11-1-4-13-5-2-11/h11,13-14H,1-10H2. The fourth-order valence-corrected chi connectivity index (χ4v) is 2.35. The lowest BCUT2D eigenvalue weighted by Crippen LogP contribution is -2.46. The summed E-state index contributed by atoms with van der Waals surface area (Å²) in [6, 6.07) is 0. The molecule has 17 heavy (non-hydrogen) atoms. The number of nitrogens with one attached hydrogen (secondary N) is 2. The van der Waals surface area contributed by atoms with Crippen molar-refractivity contribution in [1.29, 1.82) is 0 Å². The van der Waals surface area contributed by atoms with Gasteiger partial charge in [-0.25, -0.2) is 0 Å². The van der Waals surface area contributed by atoms with Crippen LogP contribution in [0.25, 0.3) is 0 Å². The van der Waals surface area contributed by atoms with Crippen LogP contribution in [0.4, 0.5) is 0 Å². The summed E-state index contributed by atoms with van der Waals surface area (Å²) in [7, 11) is 0. The number of ether oxygens (including phenoxy) is 1. The third-order valence-corrected chi connectivity index (χ3v) is 3.43. The first kappa shape index (κ1) is 12.8. The normalized spacial score (nSPS) is 22.7. The Labute approximate surface area is 103 Å². The largest absolute Gasteiger partial charge is 0.378 e. The number of hydrogen-bond donors (Lipinski definition) is 2. The molecule has 2 fully saturated rings. The maximum absolute atomic E-state index is 11.8. The van der Waals surface area contributed by atoms with Gasteiger partial charge < -0.3 is 20.3 Å². The molecule has 5 nitrogen and oxygen atoms in total. The van der Waals surface area contributed by atoms with Crippen LogP contribution in [0.15, 0.2) is 0 Å². The summed E-state index contributed by atoms with van der Waals surface area (Å²) in [5, 5.41) is 6.55. The minimum atomic E-state index is 0.237. The van der Waals surface area contributed by atoms with Crippen LogP contribution in [0.1, 0.15) is 19.3 Å². The van der Waals surface area contributed by atoms with Crippen molar-refractivity contribution in [3.63, 3.8) is 0 Å². The molecule has 0 radical (unpaired) electrons. The van der Waals surface area contributed by atoms with Crippen molar-refractivity contribution in [1.82, 2.24) is 15.5 Å². The highest BCUT2D eigenvalue weighted by Gasteiger charge is 2.17. The monoisotopic (exact) mass is 241 g/mol. The fraction of sp³-hybridized carbons (Fsp3) is 0.917. The lowest BCUT2D eigenvalue weighted by atomic mass is 10.1. The van der Waals surface area contributed by atoms with E-state index in [9.17, 15) is 4.79 Å². The molecule has 0 aliphatic carbocycles. The first-order valence-electron chi connectivity index (χ1n) is 6.67. The fourth-order valence-electron chi connectivity index (χ4n) is 2.35. The summed E-state index contributed by atoms with van der Waals surface area (Å²) in [6.45, 7) is 6.17. The van der Waals surface area contributed by atoms with E-state index in [0.29, 0.717) is 19.1 Å². The van der Waals surface area contributed by atoms with Gasteiger partial charge in [0.05, 0.1) is 19.1 Å². The van der Waals surface area contributed by atoms with Gasteiger partial charge in [0.15, 0.2) is 0 Å². The molecule has 0 unspecified atom stereocenters. The Morgan fingerprint density at radius 2 is 1.76 bits per heavy atom. The van der Waals surface area contributed by atoms with Crippen molar-refractivity contribution in [2.45, 2.75) is 25.4 Å². The molecular formula is C12H23N3O2. The summed E-state index contributed by atoms with van der Waals surface area (Å²) < 4.78 is 5.74. The van der Waals surface area contributed by atoms with Gasteiger partial charge in [0.1, 0.15) is 0 Å². The number of carbonyl (C=O) groups is 1. The second-order valence-electron chi connectivity index (χ2n) is 4.70. The van der Waals surface area contributed by atoms with E-state index in [2.05, 4.69) is 10.6 Å². The predicted octanol–water partition coefficient (Wildman–Crippen LogP) is -0.423. The number of piperazine rings is 1. The second kappa shape index (κ2) is 6.93. The van der Waals surface area contributed by atoms with Gasteiger partial charge in [-0.1, -0.05) is 0 Å². The van der Waals surface area contributed by atoms with E-state index in [4.69, 9.17) is 4.74 Å². The zero-order valence-corrected chi connectivity index (χ0v) is 10.4. The Bertz CT molecular complexity index is 236. The molecule has 0 spiro atoms. The average Bonchev–Trinajstić information content (AvgIpc) is 2.41. The van der Waals surface area contributed by atoms with E-state index < -0.39 is 0 Å². The Kier molecular flexibility index (Phi) is 5.22. The molecule has 5 heteroatoms. The molecule has 0 aromatic rings. The third-order valence-electron chi connectivity index (χ3n) is 3.43. The molecule has 2 aliphatic rings. The maximum atomic E-state index is 11.8. The van der Waals surface area contributed by atoms with E-state index in [1.165, 1.54) is 0 Å². The van der Waals surface area contributed by atoms with Gasteiger partial charge in [0, 0.05) is 26.2 Å². The highest BCUT2D eigenvalue weighted by molar-refractivity contribution is 5.76. The highest BCUT2D eigenvalue weighted by atomic mass is 16.5. The van der Waals surface area contributed by atoms with Gasteiger partial charge in [0.25, 0.3) is 0 Å². The van der Waals surface area contributed by atoms with Gasteiger partial charge in [-0.2, -0.15) is 0 Å². The Hall–Kier alpha value is -0.650. The van der Waals surface area contributed by atoms with E-state index in [1.807, 2.05) is 4.90 Å². The SMILES string of the molecule is O=C(CCOC1CCNCC1)N1CCNCC1. The van der Waals surface area contributed by atoms with Crippen LogP contribution in [0, 0.1) is 0 Å². The summed E-state index contributed by atoms with van der Waals surface area (Å²) >= 11 is 0. The lowest BCUT2D eigenvalue weighted by molar-refractivity contribution is -0.133. The van der Waals surface area contributed by atoms with Crippen LogP contribution in [-0.2, 0) is 9.53 Å². The molecular weight excluding hydrogens is 218 g/mol. The van der Waals surface area contributed by atoms with Gasteiger partial charge in [-0.05, 0) is 25.9 Å². The molecule has 0 bridgehead atoms. The molecule has 0 atom stereocenters. The van der Waals surface area contributed by atoms with Gasteiger partial charge in [-0.15, -0.1) is 0 Å². The van der Waals surface area contributed by atoms with Crippen molar-refractivity contribution in [3.8, 4) is 0 Å². The van der Waals surface area contributed by atoms with Crippen molar-refractivity contribution in [2.75, 3.05) is 45.9 Å². The Balaban J connectivity index is 1.58. The number of rotatable bonds is 4. The zero-order chi connectivity index (χ0) is 11.9. The van der Waals surface area contributed by atoms with Gasteiger partial charge >= 0.3 is 0 Å². The Morgan fingerprint density at radius 1 is 1.12 bits per heavy atom. The molecule has 2 N–H and O–H groups in total. The zero-order valence-electron chi connectivity index (χ0n) is 10.4. The minimum Gasteiger partial charge on any atom is -0.378 e. The van der Waals surface area contributed by atoms with Crippen molar-refractivity contribution < 1.29 is 9.53 Å². The van der Waals surface area contributed by atoms with Crippen LogP contribution in [0.5, 0.6) is 0 Å². The molecule has 0 saturated carbocycles. The summed E-state index contributed by atoms with van der Waals surface area (Å²) in [5.74, 6) is 0.237. The van der Waals surface area contributed by atoms with Crippen LogP contribution in [0.3, 0.4) is 0 Å². The first-order valence-corrected chi connectivity index (χ1v) is 6.67. The molecule has 0 aromatic heterocycles. The summed E-state index contributed by atoms with van der Waals surface area (Å²) in [6.07, 6.45) is 3.03. The van der Waals surface area contributed by atoms with E-state index >= 15 is 0 Å². The molecule has 2 aliphatic heterocycles. The highest BCUT2D eigenvalue weighted by Crippen LogP contribution is 2.08. The second-order valence-corrected chi connectivity index (χ2v) is 4.70. The predicted molar refractivity (Wildman–Crippen MR) is 65.9 cm³/mol. The topological polar surface area (TPSA) is 53.6 Å². The summed E-state index contributed by atoms with van der Waals surface area (Å²) in [4.78, 5) is 13.8. The lowest BCUT2D eigenvalue weighted by Gasteiger charge is -2.28. The molecule has 2 saturated heterocycles. The molecule has 2 rings (SSSR count). The molecule has 0 aromatic carbocycles. The smallest absolute Gasteiger partial charge is 0.224 e. The van der Waals surface area contributed by atoms with Gasteiger partial charge in [0.2, 0.25) is 5.91 Å². The minimum absolute atomic E-state index is 0.237. The van der Waals surface area contributed by atoms with Crippen LogP contribution in [-0.4, -0.2) is 62.8 Å². The van der Waals surface area contributed by atoms with Crippen molar-refractivity contribution >= 4 is 5.91 Å². The van der Waals surface area contributed by atoms with E-state index in [1.54, 1.807) is 0 Å². The number of amides is 1. The van der Waals surface area contributed by atoms with Crippen molar-refractivity contribution in [3.05, 3.63) is 0 Å². The third kappa shape index (κ3) is 4.26. The van der Waals surface area contributed by atoms with Crippen LogP contribution < -0.4 is 10.6 Å². The summed E-state index contributed by atoms with van der Waals surface area (Å²) in [5.41, 5.74) is 0. The average molecular weight is 241 g/mol. The number of carbonyl (C=O) groups excluding carboxylic acids is 1. The number of nitrogens with zero attached hydrogens (tertiary/aromatic N) is 1. The van der Waals surface area contributed by atoms with Gasteiger partial charge in [-0.3, -0.25) is 4.79 Å². The molecule has 98 valence electrons. The Morgan fingerprint density at radius 3 is 2.47 bits per heavy atom. The van der Waals surface area contributed by atoms with Crippen molar-refractivity contribution in [2.24, 2.45) is 0 Å². The van der Waals surface area contributed by atoms with Crippen LogP contribution in [0.2, 0.25) is 0 Å². The van der Waals surface area contributed by atoms with Crippen LogP contribution >= 0.6 is 0 Å². The van der Waals surface area contributed by atoms with E-state index in [-0.39, 0.29) is 5.91 Å². The quantitative estimate of drug-likeness (QED) is 0.702. The van der Waals surface area contributed by atoms with E-state index in [0.717, 1.165) is 52.1 Å². The number of piperidine rings is 1.